The van der Waals surface area contributed by atoms with Gasteiger partial charge in [-0.25, -0.2) is 0 Å². The van der Waals surface area contributed by atoms with E-state index in [1.54, 1.807) is 12.1 Å². The second kappa shape index (κ2) is 9.08. The van der Waals surface area contributed by atoms with E-state index in [0.717, 1.165) is 21.3 Å². The lowest BCUT2D eigenvalue weighted by molar-refractivity contribution is -0.114. The van der Waals surface area contributed by atoms with Crippen LogP contribution in [0.5, 0.6) is 5.75 Å². The van der Waals surface area contributed by atoms with Crippen LogP contribution in [0.25, 0.3) is 6.08 Å². The van der Waals surface area contributed by atoms with Gasteiger partial charge in [-0.3, -0.25) is 4.79 Å². The van der Waals surface area contributed by atoms with Crippen LogP contribution in [0.3, 0.4) is 0 Å². The van der Waals surface area contributed by atoms with Crippen molar-refractivity contribution in [3.8, 4) is 5.75 Å². The van der Waals surface area contributed by atoms with Crippen molar-refractivity contribution >= 4 is 50.9 Å². The second-order valence-electron chi connectivity index (χ2n) is 7.28. The summed E-state index contributed by atoms with van der Waals surface area (Å²) in [6.07, 6.45) is 1.80. The van der Waals surface area contributed by atoms with Gasteiger partial charge in [-0.1, -0.05) is 59.6 Å². The molecule has 6 heteroatoms. The number of carbonyl (C=O) groups excluding carboxylic acids is 1. The van der Waals surface area contributed by atoms with E-state index in [0.29, 0.717) is 28.7 Å². The molecule has 0 aliphatic carbocycles. The minimum Gasteiger partial charge on any atom is -0.486 e. The fraction of sp³-hybridized carbons (Fsp3) is 0.120. The molecule has 156 valence electrons. The molecule has 1 aliphatic heterocycles. The average molecular weight is 496 g/mol. The average Bonchev–Trinajstić information content (AvgIpc) is 3.03. The normalized spacial score (nSPS) is 14.8. The minimum absolute atomic E-state index is 0.171. The Hall–Kier alpha value is -2.89. The summed E-state index contributed by atoms with van der Waals surface area (Å²) < 4.78 is 6.66. The molecule has 3 aromatic carbocycles. The molecule has 0 unspecified atom stereocenters. The lowest BCUT2D eigenvalue weighted by Crippen LogP contribution is -2.21. The Morgan fingerprint density at radius 3 is 2.45 bits per heavy atom. The Balaban J connectivity index is 1.55. The Morgan fingerprint density at radius 1 is 1.06 bits per heavy atom. The Bertz CT molecular complexity index is 1160. The first kappa shape index (κ1) is 21.3. The van der Waals surface area contributed by atoms with Crippen LogP contribution < -0.4 is 9.75 Å². The number of nitrogens with zero attached hydrogens (tertiary/aromatic N) is 2. The van der Waals surface area contributed by atoms with Gasteiger partial charge < -0.3 is 4.74 Å². The van der Waals surface area contributed by atoms with Gasteiger partial charge in [0.15, 0.2) is 5.75 Å². The van der Waals surface area contributed by atoms with E-state index in [4.69, 9.17) is 16.3 Å². The van der Waals surface area contributed by atoms with E-state index in [1.807, 2.05) is 74.5 Å². The largest absolute Gasteiger partial charge is 0.486 e. The number of anilines is 1. The van der Waals surface area contributed by atoms with Crippen LogP contribution in [-0.4, -0.2) is 11.6 Å². The maximum atomic E-state index is 12.9. The zero-order chi connectivity index (χ0) is 22.0. The maximum absolute atomic E-state index is 12.9. The van der Waals surface area contributed by atoms with Crippen molar-refractivity contribution in [2.75, 3.05) is 5.01 Å². The van der Waals surface area contributed by atoms with Gasteiger partial charge >= 0.3 is 0 Å². The first-order valence-electron chi connectivity index (χ1n) is 9.76. The number of hydrogen-bond acceptors (Lipinski definition) is 3. The standard InChI is InChI=1S/C25H20BrClN2O2/c1-16-8-10-18(11-9-16)15-31-24-22(26)13-19(14-23(24)27)12-21-17(2)28-29(25(21)30)20-6-4-3-5-7-20/h3-14H,15H2,1-2H3/b21-12+. The molecule has 1 aliphatic rings. The second-order valence-corrected chi connectivity index (χ2v) is 8.55. The molecule has 0 aromatic heterocycles. The lowest BCUT2D eigenvalue weighted by Gasteiger charge is -2.12. The summed E-state index contributed by atoms with van der Waals surface area (Å²) >= 11 is 10.0. The maximum Gasteiger partial charge on any atom is 0.280 e. The van der Waals surface area contributed by atoms with Gasteiger partial charge in [0.1, 0.15) is 6.61 Å². The van der Waals surface area contributed by atoms with E-state index in [9.17, 15) is 4.79 Å². The molecule has 0 spiro atoms. The molecule has 31 heavy (non-hydrogen) atoms. The predicted octanol–water partition coefficient (Wildman–Crippen LogP) is 6.80. The van der Waals surface area contributed by atoms with Gasteiger partial charge in [-0.2, -0.15) is 10.1 Å². The molecule has 0 fully saturated rings. The third kappa shape index (κ3) is 4.73. The highest BCUT2D eigenvalue weighted by atomic mass is 79.9. The highest BCUT2D eigenvalue weighted by molar-refractivity contribution is 9.10. The number of amides is 1. The molecule has 0 saturated heterocycles. The van der Waals surface area contributed by atoms with Crippen LogP contribution >= 0.6 is 27.5 Å². The summed E-state index contributed by atoms with van der Waals surface area (Å²) in [6.45, 7) is 4.28. The van der Waals surface area contributed by atoms with Crippen LogP contribution in [0, 0.1) is 6.92 Å². The molecule has 0 atom stereocenters. The third-order valence-corrected chi connectivity index (χ3v) is 5.77. The first-order chi connectivity index (χ1) is 14.9. The van der Waals surface area contributed by atoms with Gasteiger partial charge in [-0.15, -0.1) is 0 Å². The quantitative estimate of drug-likeness (QED) is 0.365. The highest BCUT2D eigenvalue weighted by Crippen LogP contribution is 2.36. The van der Waals surface area contributed by atoms with Gasteiger partial charge in [0, 0.05) is 0 Å². The molecular formula is C25H20BrClN2O2. The van der Waals surface area contributed by atoms with Crippen LogP contribution in [0.2, 0.25) is 5.02 Å². The van der Waals surface area contributed by atoms with Gasteiger partial charge in [-0.05, 0) is 71.2 Å². The lowest BCUT2D eigenvalue weighted by atomic mass is 10.1. The third-order valence-electron chi connectivity index (χ3n) is 4.90. The number of hydrazone groups is 1. The Morgan fingerprint density at radius 2 is 1.77 bits per heavy atom. The summed E-state index contributed by atoms with van der Waals surface area (Å²) in [5, 5.41) is 6.29. The number of para-hydroxylation sites is 1. The molecule has 4 nitrogen and oxygen atoms in total. The summed E-state index contributed by atoms with van der Waals surface area (Å²) in [5.41, 5.74) is 4.96. The summed E-state index contributed by atoms with van der Waals surface area (Å²) in [7, 11) is 0. The van der Waals surface area contributed by atoms with E-state index in [2.05, 4.69) is 21.0 Å². The summed E-state index contributed by atoms with van der Waals surface area (Å²) in [6, 6.07) is 21.2. The topological polar surface area (TPSA) is 41.9 Å². The molecule has 0 bridgehead atoms. The molecular weight excluding hydrogens is 476 g/mol. The fourth-order valence-electron chi connectivity index (χ4n) is 3.24. The van der Waals surface area contributed by atoms with Crippen molar-refractivity contribution in [2.45, 2.75) is 20.5 Å². The van der Waals surface area contributed by atoms with Crippen molar-refractivity contribution in [1.82, 2.24) is 0 Å². The summed E-state index contributed by atoms with van der Waals surface area (Å²) in [4.78, 5) is 12.9. The van der Waals surface area contributed by atoms with Crippen molar-refractivity contribution in [2.24, 2.45) is 5.10 Å². The minimum atomic E-state index is -0.171. The van der Waals surface area contributed by atoms with E-state index >= 15 is 0 Å². The smallest absolute Gasteiger partial charge is 0.280 e. The van der Waals surface area contributed by atoms with Crippen LogP contribution in [0.4, 0.5) is 5.69 Å². The molecule has 0 N–H and O–H groups in total. The first-order valence-corrected chi connectivity index (χ1v) is 10.9. The predicted molar refractivity (Wildman–Crippen MR) is 130 cm³/mol. The number of rotatable bonds is 5. The van der Waals surface area contributed by atoms with E-state index in [-0.39, 0.29) is 5.91 Å². The molecule has 1 amide bonds. The zero-order valence-electron chi connectivity index (χ0n) is 17.1. The zero-order valence-corrected chi connectivity index (χ0v) is 19.4. The van der Waals surface area contributed by atoms with Crippen LogP contribution in [0.15, 0.2) is 81.9 Å². The van der Waals surface area contributed by atoms with E-state index in [1.165, 1.54) is 10.6 Å². The monoisotopic (exact) mass is 494 g/mol. The number of halogens is 2. The fourth-order valence-corrected chi connectivity index (χ4v) is 4.22. The molecule has 0 saturated carbocycles. The highest BCUT2D eigenvalue weighted by Gasteiger charge is 2.28. The van der Waals surface area contributed by atoms with Crippen LogP contribution in [0.1, 0.15) is 23.6 Å². The van der Waals surface area contributed by atoms with Crippen molar-refractivity contribution in [3.63, 3.8) is 0 Å². The van der Waals surface area contributed by atoms with Gasteiger partial charge in [0.05, 0.1) is 26.5 Å². The van der Waals surface area contributed by atoms with Crippen molar-refractivity contribution < 1.29 is 9.53 Å². The number of ether oxygens (including phenoxy) is 1. The molecule has 3 aromatic rings. The number of hydrogen-bond donors (Lipinski definition) is 0. The number of carbonyl (C=O) groups is 1. The molecule has 0 radical (unpaired) electrons. The molecule has 1 heterocycles. The Kier molecular flexibility index (Phi) is 6.25. The number of benzene rings is 3. The SMILES string of the molecule is CC1=NN(c2ccccc2)C(=O)/C1=C/c1cc(Cl)c(OCc2ccc(C)cc2)c(Br)c1. The Labute approximate surface area is 194 Å². The van der Waals surface area contributed by atoms with E-state index < -0.39 is 0 Å². The summed E-state index contributed by atoms with van der Waals surface area (Å²) in [5.74, 6) is 0.397. The van der Waals surface area contributed by atoms with Gasteiger partial charge in [0.25, 0.3) is 5.91 Å². The van der Waals surface area contributed by atoms with Crippen molar-refractivity contribution in [1.29, 1.82) is 0 Å². The van der Waals surface area contributed by atoms with Crippen LogP contribution in [-0.2, 0) is 11.4 Å². The number of aryl methyl sites for hydroxylation is 1. The molecule has 4 rings (SSSR count). The van der Waals surface area contributed by atoms with Crippen molar-refractivity contribution in [3.05, 3.63) is 98.5 Å². The van der Waals surface area contributed by atoms with Gasteiger partial charge in [0.2, 0.25) is 0 Å².